The van der Waals surface area contributed by atoms with Crippen molar-refractivity contribution < 1.29 is 4.74 Å². The van der Waals surface area contributed by atoms with E-state index in [0.717, 1.165) is 26.2 Å². The molecule has 0 amide bonds. The lowest BCUT2D eigenvalue weighted by atomic mass is 10.0. The minimum atomic E-state index is 0.108. The zero-order chi connectivity index (χ0) is 11.0. The molecule has 0 aliphatic carbocycles. The van der Waals surface area contributed by atoms with Crippen LogP contribution in [-0.4, -0.2) is 31.8 Å². The Balaban J connectivity index is 1.88. The van der Waals surface area contributed by atoms with Crippen molar-refractivity contribution in [1.82, 2.24) is 5.32 Å². The first-order valence-electron chi connectivity index (χ1n) is 6.32. The number of nitrogens with one attached hydrogen (secondary N) is 1. The van der Waals surface area contributed by atoms with Crippen LogP contribution < -0.4 is 11.1 Å². The van der Waals surface area contributed by atoms with E-state index in [1.165, 1.54) is 38.5 Å². The Kier molecular flexibility index (Phi) is 6.22. The van der Waals surface area contributed by atoms with Crippen LogP contribution in [0, 0.1) is 0 Å². The molecule has 3 heteroatoms. The highest BCUT2D eigenvalue weighted by Gasteiger charge is 2.28. The highest BCUT2D eigenvalue weighted by atomic mass is 16.5. The van der Waals surface area contributed by atoms with Crippen molar-refractivity contribution in [2.75, 3.05) is 26.2 Å². The van der Waals surface area contributed by atoms with E-state index >= 15 is 0 Å². The lowest BCUT2D eigenvalue weighted by Gasteiger charge is -2.23. The van der Waals surface area contributed by atoms with Gasteiger partial charge in [0, 0.05) is 13.2 Å². The maximum absolute atomic E-state index is 5.71. The number of hydrogen-bond donors (Lipinski definition) is 2. The van der Waals surface area contributed by atoms with Crippen molar-refractivity contribution in [3.8, 4) is 0 Å². The SMILES string of the molecule is CC1(CNCCCCCCN)CCCO1. The van der Waals surface area contributed by atoms with Crippen LogP contribution in [0.5, 0.6) is 0 Å². The normalized spacial score (nSPS) is 26.0. The van der Waals surface area contributed by atoms with Gasteiger partial charge in [-0.05, 0) is 45.7 Å². The van der Waals surface area contributed by atoms with Crippen molar-refractivity contribution in [3.63, 3.8) is 0 Å². The molecule has 1 saturated heterocycles. The van der Waals surface area contributed by atoms with Crippen molar-refractivity contribution >= 4 is 0 Å². The molecule has 1 rings (SSSR count). The Morgan fingerprint density at radius 2 is 2.07 bits per heavy atom. The van der Waals surface area contributed by atoms with Gasteiger partial charge in [-0.3, -0.25) is 0 Å². The summed E-state index contributed by atoms with van der Waals surface area (Å²) in [6.07, 6.45) is 7.41. The number of nitrogens with two attached hydrogens (primary N) is 1. The van der Waals surface area contributed by atoms with E-state index in [0.29, 0.717) is 0 Å². The first-order valence-corrected chi connectivity index (χ1v) is 6.32. The topological polar surface area (TPSA) is 47.3 Å². The number of rotatable bonds is 8. The van der Waals surface area contributed by atoms with Gasteiger partial charge < -0.3 is 15.8 Å². The molecule has 1 aliphatic rings. The van der Waals surface area contributed by atoms with E-state index in [-0.39, 0.29) is 5.60 Å². The lowest BCUT2D eigenvalue weighted by Crippen LogP contribution is -2.37. The standard InChI is InChI=1S/C12H26N2O/c1-12(7-6-10-15-12)11-14-9-5-3-2-4-8-13/h14H,2-11,13H2,1H3. The maximum Gasteiger partial charge on any atom is 0.0779 e. The fraction of sp³-hybridized carbons (Fsp3) is 1.00. The minimum absolute atomic E-state index is 0.108. The molecule has 3 N–H and O–H groups in total. The first-order chi connectivity index (χ1) is 7.27. The summed E-state index contributed by atoms with van der Waals surface area (Å²) in [5.41, 5.74) is 5.55. The number of ether oxygens (including phenoxy) is 1. The molecule has 0 aromatic rings. The smallest absolute Gasteiger partial charge is 0.0779 e. The molecule has 3 nitrogen and oxygen atoms in total. The summed E-state index contributed by atoms with van der Waals surface area (Å²) in [7, 11) is 0. The molecule has 0 spiro atoms. The van der Waals surface area contributed by atoms with E-state index < -0.39 is 0 Å². The van der Waals surface area contributed by atoms with Crippen LogP contribution in [0.3, 0.4) is 0 Å². The largest absolute Gasteiger partial charge is 0.374 e. The van der Waals surface area contributed by atoms with Gasteiger partial charge in [0.1, 0.15) is 0 Å². The molecule has 0 radical (unpaired) electrons. The van der Waals surface area contributed by atoms with E-state index in [2.05, 4.69) is 12.2 Å². The highest BCUT2D eigenvalue weighted by molar-refractivity contribution is 4.82. The van der Waals surface area contributed by atoms with E-state index in [9.17, 15) is 0 Å². The van der Waals surface area contributed by atoms with Gasteiger partial charge in [-0.2, -0.15) is 0 Å². The lowest BCUT2D eigenvalue weighted by molar-refractivity contribution is 0.0210. The molecule has 0 bridgehead atoms. The fourth-order valence-electron chi connectivity index (χ4n) is 2.08. The van der Waals surface area contributed by atoms with Gasteiger partial charge in [0.15, 0.2) is 0 Å². The summed E-state index contributed by atoms with van der Waals surface area (Å²) < 4.78 is 5.71. The minimum Gasteiger partial charge on any atom is -0.374 e. The summed E-state index contributed by atoms with van der Waals surface area (Å²) in [6, 6.07) is 0. The molecule has 1 atom stereocenters. The number of unbranched alkanes of at least 4 members (excludes halogenated alkanes) is 3. The van der Waals surface area contributed by atoms with Gasteiger partial charge in [0.25, 0.3) is 0 Å². The van der Waals surface area contributed by atoms with Gasteiger partial charge in [0.2, 0.25) is 0 Å². The van der Waals surface area contributed by atoms with Crippen molar-refractivity contribution in [3.05, 3.63) is 0 Å². The van der Waals surface area contributed by atoms with Crippen LogP contribution in [0.25, 0.3) is 0 Å². The zero-order valence-corrected chi connectivity index (χ0v) is 10.1. The second kappa shape index (κ2) is 7.20. The molecule has 1 fully saturated rings. The van der Waals surface area contributed by atoms with Crippen LogP contribution in [0.15, 0.2) is 0 Å². The Morgan fingerprint density at radius 3 is 2.73 bits per heavy atom. The molecular weight excluding hydrogens is 188 g/mol. The van der Waals surface area contributed by atoms with Crippen molar-refractivity contribution in [2.45, 2.75) is 51.0 Å². The maximum atomic E-state index is 5.71. The molecule has 0 aromatic carbocycles. The highest BCUT2D eigenvalue weighted by Crippen LogP contribution is 2.23. The van der Waals surface area contributed by atoms with E-state index in [1.54, 1.807) is 0 Å². The summed E-state index contributed by atoms with van der Waals surface area (Å²) >= 11 is 0. The average Bonchev–Trinajstić information content (AvgIpc) is 2.64. The number of hydrogen-bond acceptors (Lipinski definition) is 3. The van der Waals surface area contributed by atoms with E-state index in [4.69, 9.17) is 10.5 Å². The van der Waals surface area contributed by atoms with Crippen molar-refractivity contribution in [2.24, 2.45) is 5.73 Å². The molecule has 90 valence electrons. The first kappa shape index (κ1) is 12.9. The van der Waals surface area contributed by atoms with Crippen LogP contribution in [0.2, 0.25) is 0 Å². The quantitative estimate of drug-likeness (QED) is 0.604. The van der Waals surface area contributed by atoms with Gasteiger partial charge in [0.05, 0.1) is 5.60 Å². The molecule has 1 unspecified atom stereocenters. The molecular formula is C12H26N2O. The van der Waals surface area contributed by atoms with E-state index in [1.807, 2.05) is 0 Å². The van der Waals surface area contributed by atoms with Crippen molar-refractivity contribution in [1.29, 1.82) is 0 Å². The van der Waals surface area contributed by atoms with Gasteiger partial charge in [-0.25, -0.2) is 0 Å². The molecule has 0 aromatic heterocycles. The third-order valence-corrected chi connectivity index (χ3v) is 3.11. The second-order valence-electron chi connectivity index (χ2n) is 4.78. The second-order valence-corrected chi connectivity index (χ2v) is 4.78. The Labute approximate surface area is 93.8 Å². The third-order valence-electron chi connectivity index (χ3n) is 3.11. The van der Waals surface area contributed by atoms with Crippen LogP contribution in [0.4, 0.5) is 0 Å². The molecule has 1 aliphatic heterocycles. The monoisotopic (exact) mass is 214 g/mol. The Bertz CT molecular complexity index is 156. The molecule has 15 heavy (non-hydrogen) atoms. The third kappa shape index (κ3) is 5.50. The van der Waals surface area contributed by atoms with Gasteiger partial charge >= 0.3 is 0 Å². The van der Waals surface area contributed by atoms with Crippen LogP contribution in [0.1, 0.15) is 45.4 Å². The summed E-state index contributed by atoms with van der Waals surface area (Å²) in [6.45, 7) is 6.10. The molecule has 1 heterocycles. The fourth-order valence-corrected chi connectivity index (χ4v) is 2.08. The van der Waals surface area contributed by atoms with Crippen LogP contribution >= 0.6 is 0 Å². The van der Waals surface area contributed by atoms with Crippen LogP contribution in [-0.2, 0) is 4.74 Å². The molecule has 0 saturated carbocycles. The van der Waals surface area contributed by atoms with Gasteiger partial charge in [-0.1, -0.05) is 12.8 Å². The summed E-state index contributed by atoms with van der Waals surface area (Å²) in [5.74, 6) is 0. The predicted octanol–water partition coefficient (Wildman–Crippen LogP) is 1.66. The summed E-state index contributed by atoms with van der Waals surface area (Å²) in [5, 5.41) is 3.49. The average molecular weight is 214 g/mol. The summed E-state index contributed by atoms with van der Waals surface area (Å²) in [4.78, 5) is 0. The van der Waals surface area contributed by atoms with Gasteiger partial charge in [-0.15, -0.1) is 0 Å². The predicted molar refractivity (Wildman–Crippen MR) is 64.0 cm³/mol. The zero-order valence-electron chi connectivity index (χ0n) is 10.1. The Hall–Kier alpha value is -0.120. The Morgan fingerprint density at radius 1 is 1.27 bits per heavy atom.